The minimum atomic E-state index is -0.510. The van der Waals surface area contributed by atoms with Crippen molar-refractivity contribution in [2.45, 2.75) is 39.2 Å². The van der Waals surface area contributed by atoms with Gasteiger partial charge in [0, 0.05) is 18.8 Å². The Morgan fingerprint density at radius 1 is 1.37 bits per heavy atom. The number of esters is 1. The van der Waals surface area contributed by atoms with E-state index >= 15 is 0 Å². The lowest BCUT2D eigenvalue weighted by atomic mass is 10.1. The third kappa shape index (κ3) is 5.59. The largest absolute Gasteiger partial charge is 0.466 e. The molecule has 0 saturated carbocycles. The molecular weight excluding hydrogens is 246 g/mol. The number of amides is 1. The summed E-state index contributed by atoms with van der Waals surface area (Å²) in [5.41, 5.74) is 0.396. The van der Waals surface area contributed by atoms with Crippen LogP contribution in [0.4, 0.5) is 4.79 Å². The monoisotopic (exact) mass is 267 g/mol. The van der Waals surface area contributed by atoms with E-state index < -0.39 is 11.6 Å². The molecule has 0 aromatic carbocycles. The molecule has 1 aliphatic rings. The second kappa shape index (κ2) is 6.41. The van der Waals surface area contributed by atoms with Crippen molar-refractivity contribution in [1.29, 1.82) is 0 Å². The van der Waals surface area contributed by atoms with Gasteiger partial charge >= 0.3 is 12.1 Å². The summed E-state index contributed by atoms with van der Waals surface area (Å²) in [6.45, 7) is 6.12. The summed E-state index contributed by atoms with van der Waals surface area (Å²) in [6, 6.07) is 0. The standard InChI is InChI=1S/C14H21NO4/c1-14(2,3)19-13(17)15-9-5-6-11(10-15)7-8-12(16)18-4/h7-8,10H,5-6,9H2,1-4H3. The van der Waals surface area contributed by atoms with Crippen LogP contribution in [0.2, 0.25) is 0 Å². The summed E-state index contributed by atoms with van der Waals surface area (Å²) >= 11 is 0. The predicted molar refractivity (Wildman–Crippen MR) is 71.4 cm³/mol. The molecule has 0 spiro atoms. The fraction of sp³-hybridized carbons (Fsp3) is 0.571. The number of hydrogen-bond donors (Lipinski definition) is 0. The van der Waals surface area contributed by atoms with Gasteiger partial charge in [-0.1, -0.05) is 6.08 Å². The van der Waals surface area contributed by atoms with Gasteiger partial charge < -0.3 is 9.47 Å². The van der Waals surface area contributed by atoms with Gasteiger partial charge in [-0.2, -0.15) is 0 Å². The van der Waals surface area contributed by atoms with Crippen molar-refractivity contribution in [2.24, 2.45) is 0 Å². The molecule has 1 aliphatic heterocycles. The van der Waals surface area contributed by atoms with Gasteiger partial charge in [0.2, 0.25) is 0 Å². The highest BCUT2D eigenvalue weighted by molar-refractivity contribution is 5.82. The molecule has 0 aromatic rings. The molecule has 19 heavy (non-hydrogen) atoms. The van der Waals surface area contributed by atoms with Crippen molar-refractivity contribution in [2.75, 3.05) is 13.7 Å². The van der Waals surface area contributed by atoms with E-state index in [1.165, 1.54) is 18.1 Å². The molecule has 0 aromatic heterocycles. The summed E-state index contributed by atoms with van der Waals surface area (Å²) < 4.78 is 9.82. The maximum atomic E-state index is 11.9. The molecule has 1 heterocycles. The lowest BCUT2D eigenvalue weighted by Gasteiger charge is -2.27. The van der Waals surface area contributed by atoms with Crippen molar-refractivity contribution in [3.05, 3.63) is 23.9 Å². The number of allylic oxidation sites excluding steroid dienone is 2. The van der Waals surface area contributed by atoms with Gasteiger partial charge in [0.25, 0.3) is 0 Å². The van der Waals surface area contributed by atoms with Gasteiger partial charge in [-0.25, -0.2) is 9.59 Å². The molecule has 0 fully saturated rings. The first-order chi connectivity index (χ1) is 8.81. The quantitative estimate of drug-likeness (QED) is 0.570. The highest BCUT2D eigenvalue weighted by Crippen LogP contribution is 2.18. The molecular formula is C14H21NO4. The van der Waals surface area contributed by atoms with Crippen molar-refractivity contribution in [3.8, 4) is 0 Å². The molecule has 0 saturated heterocycles. The number of ether oxygens (including phenoxy) is 2. The normalized spacial score (nSPS) is 16.2. The Bertz CT molecular complexity index is 404. The van der Waals surface area contributed by atoms with E-state index in [-0.39, 0.29) is 6.09 Å². The van der Waals surface area contributed by atoms with Gasteiger partial charge in [-0.3, -0.25) is 4.90 Å². The predicted octanol–water partition coefficient (Wildman–Crippen LogP) is 2.63. The van der Waals surface area contributed by atoms with Crippen molar-refractivity contribution >= 4 is 12.1 Å². The molecule has 1 amide bonds. The molecule has 0 atom stereocenters. The smallest absolute Gasteiger partial charge is 0.414 e. The Hall–Kier alpha value is -1.78. The number of carbonyl (C=O) groups is 2. The van der Waals surface area contributed by atoms with Crippen molar-refractivity contribution in [3.63, 3.8) is 0 Å². The maximum Gasteiger partial charge on any atom is 0.414 e. The van der Waals surface area contributed by atoms with E-state index in [2.05, 4.69) is 4.74 Å². The van der Waals surface area contributed by atoms with Crippen LogP contribution in [-0.2, 0) is 14.3 Å². The average Bonchev–Trinajstić information content (AvgIpc) is 2.34. The molecule has 0 bridgehead atoms. The minimum absolute atomic E-state index is 0.365. The molecule has 5 heteroatoms. The summed E-state index contributed by atoms with van der Waals surface area (Å²) in [4.78, 5) is 24.4. The van der Waals surface area contributed by atoms with Crippen LogP contribution in [0.25, 0.3) is 0 Å². The average molecular weight is 267 g/mol. The Labute approximate surface area is 113 Å². The van der Waals surface area contributed by atoms with Crippen LogP contribution in [0.3, 0.4) is 0 Å². The van der Waals surface area contributed by atoms with Gasteiger partial charge in [0.05, 0.1) is 7.11 Å². The zero-order valence-electron chi connectivity index (χ0n) is 11.9. The Morgan fingerprint density at radius 3 is 2.63 bits per heavy atom. The zero-order chi connectivity index (χ0) is 14.5. The lowest BCUT2D eigenvalue weighted by molar-refractivity contribution is -0.134. The van der Waals surface area contributed by atoms with Gasteiger partial charge in [0.1, 0.15) is 5.60 Å². The number of nitrogens with zero attached hydrogens (tertiary/aromatic N) is 1. The van der Waals surface area contributed by atoms with Gasteiger partial charge in [-0.15, -0.1) is 0 Å². The first-order valence-corrected chi connectivity index (χ1v) is 6.28. The fourth-order valence-electron chi connectivity index (χ4n) is 1.62. The number of carbonyl (C=O) groups excluding carboxylic acids is 2. The maximum absolute atomic E-state index is 11.9. The van der Waals surface area contributed by atoms with E-state index in [0.29, 0.717) is 6.54 Å². The molecule has 1 rings (SSSR count). The van der Waals surface area contributed by atoms with E-state index in [1.54, 1.807) is 12.3 Å². The van der Waals surface area contributed by atoms with E-state index in [1.807, 2.05) is 20.8 Å². The molecule has 0 unspecified atom stereocenters. The van der Waals surface area contributed by atoms with Gasteiger partial charge in [-0.05, 0) is 39.2 Å². The lowest BCUT2D eigenvalue weighted by Crippen LogP contribution is -2.35. The molecule has 106 valence electrons. The summed E-state index contributed by atoms with van der Waals surface area (Å²) in [5.74, 6) is -0.407. The highest BCUT2D eigenvalue weighted by atomic mass is 16.6. The third-order valence-electron chi connectivity index (χ3n) is 2.45. The first kappa shape index (κ1) is 15.3. The van der Waals surface area contributed by atoms with Crippen LogP contribution in [-0.4, -0.2) is 36.2 Å². The Morgan fingerprint density at radius 2 is 2.05 bits per heavy atom. The van der Waals surface area contributed by atoms with Crippen LogP contribution in [0, 0.1) is 0 Å². The molecule has 0 N–H and O–H groups in total. The Balaban J connectivity index is 2.69. The van der Waals surface area contributed by atoms with E-state index in [4.69, 9.17) is 4.74 Å². The third-order valence-corrected chi connectivity index (χ3v) is 2.45. The number of methoxy groups -OCH3 is 1. The number of rotatable bonds is 2. The fourth-order valence-corrected chi connectivity index (χ4v) is 1.62. The topological polar surface area (TPSA) is 55.8 Å². The van der Waals surface area contributed by atoms with E-state index in [9.17, 15) is 9.59 Å². The minimum Gasteiger partial charge on any atom is -0.466 e. The summed E-state index contributed by atoms with van der Waals surface area (Å²) in [5, 5.41) is 0. The van der Waals surface area contributed by atoms with Crippen molar-refractivity contribution < 1.29 is 19.1 Å². The van der Waals surface area contributed by atoms with Crippen molar-refractivity contribution in [1.82, 2.24) is 4.90 Å². The van der Waals surface area contributed by atoms with Crippen LogP contribution in [0.5, 0.6) is 0 Å². The van der Waals surface area contributed by atoms with Crippen LogP contribution in [0.15, 0.2) is 23.9 Å². The van der Waals surface area contributed by atoms with Crippen LogP contribution in [0.1, 0.15) is 33.6 Å². The number of hydrogen-bond acceptors (Lipinski definition) is 4. The first-order valence-electron chi connectivity index (χ1n) is 6.28. The molecule has 0 aliphatic carbocycles. The summed E-state index contributed by atoms with van der Waals surface area (Å²) in [6.07, 6.45) is 6.05. The van der Waals surface area contributed by atoms with Crippen LogP contribution >= 0.6 is 0 Å². The molecule has 0 radical (unpaired) electrons. The SMILES string of the molecule is COC(=O)C=CC1=CN(C(=O)OC(C)(C)C)CCC1. The zero-order valence-corrected chi connectivity index (χ0v) is 11.9. The highest BCUT2D eigenvalue weighted by Gasteiger charge is 2.22. The Kier molecular flexibility index (Phi) is 5.15. The molecule has 5 nitrogen and oxygen atoms in total. The second-order valence-electron chi connectivity index (χ2n) is 5.34. The van der Waals surface area contributed by atoms with Gasteiger partial charge in [0.15, 0.2) is 0 Å². The second-order valence-corrected chi connectivity index (χ2v) is 5.34. The van der Waals surface area contributed by atoms with Crippen LogP contribution < -0.4 is 0 Å². The van der Waals surface area contributed by atoms with E-state index in [0.717, 1.165) is 18.4 Å². The summed E-state index contributed by atoms with van der Waals surface area (Å²) in [7, 11) is 1.33.